The van der Waals surface area contributed by atoms with Gasteiger partial charge < -0.3 is 45.2 Å². The fourth-order valence-corrected chi connectivity index (χ4v) is 7.20. The van der Waals surface area contributed by atoms with Crippen LogP contribution in [0.5, 0.6) is 0 Å². The molecule has 0 bridgehead atoms. The molecular weight excluding hydrogens is 746 g/mol. The number of anilines is 1. The summed E-state index contributed by atoms with van der Waals surface area (Å²) in [4.78, 5) is 55.9. The van der Waals surface area contributed by atoms with E-state index in [1.165, 1.54) is 9.80 Å². The summed E-state index contributed by atoms with van der Waals surface area (Å²) >= 11 is 0. The Balaban J connectivity index is 0.902. The van der Waals surface area contributed by atoms with Gasteiger partial charge in [-0.05, 0) is 54.1 Å². The molecule has 5 N–H and O–H groups in total. The second kappa shape index (κ2) is 21.8. The summed E-state index contributed by atoms with van der Waals surface area (Å²) in [5.74, 6) is -1.32. The number of benzene rings is 4. The summed E-state index contributed by atoms with van der Waals surface area (Å²) in [6, 6.07) is 18.4. The third kappa shape index (κ3) is 10.2. The molecule has 4 amide bonds. The maximum Gasteiger partial charge on any atom is 0.261 e. The van der Waals surface area contributed by atoms with Crippen molar-refractivity contribution < 1.29 is 47.6 Å². The smallest absolute Gasteiger partial charge is 0.261 e. The SMILES string of the molecule is NCCOCCOCCN1C(=O)c2cccc3c(CCCOCCOCCNc4ccc5c6c(cccc46)C(=O)N(CCOCCOCCN)C5=O)ccc(c23)C1=O. The van der Waals surface area contributed by atoms with Crippen LogP contribution in [0.1, 0.15) is 53.4 Å². The van der Waals surface area contributed by atoms with Crippen LogP contribution < -0.4 is 16.8 Å². The molecule has 15 nitrogen and oxygen atoms in total. The summed E-state index contributed by atoms with van der Waals surface area (Å²) < 4.78 is 33.4. The van der Waals surface area contributed by atoms with Crippen molar-refractivity contribution in [3.05, 3.63) is 88.5 Å². The molecule has 2 aliphatic rings. The largest absolute Gasteiger partial charge is 0.382 e. The van der Waals surface area contributed by atoms with E-state index in [9.17, 15) is 19.2 Å². The van der Waals surface area contributed by atoms with Crippen LogP contribution in [0.25, 0.3) is 21.5 Å². The molecule has 0 atom stereocenters. The molecular formula is C43H53N5O10. The van der Waals surface area contributed by atoms with Crippen molar-refractivity contribution in [1.82, 2.24) is 9.80 Å². The summed E-state index contributed by atoms with van der Waals surface area (Å²) in [5.41, 5.74) is 14.7. The van der Waals surface area contributed by atoms with Crippen molar-refractivity contribution in [2.45, 2.75) is 12.8 Å². The van der Waals surface area contributed by atoms with Gasteiger partial charge in [0, 0.05) is 70.3 Å². The zero-order valence-corrected chi connectivity index (χ0v) is 32.8. The first-order valence-corrected chi connectivity index (χ1v) is 19.9. The van der Waals surface area contributed by atoms with Gasteiger partial charge in [-0.1, -0.05) is 30.3 Å². The number of rotatable bonds is 27. The molecule has 2 heterocycles. The molecule has 0 fully saturated rings. The minimum Gasteiger partial charge on any atom is -0.382 e. The standard InChI is InChI=1S/C43H53N5O10/c44-13-19-54-25-28-57-22-16-47-40(49)33-7-1-5-31-30(9-10-35(38(31)33)42(47)51)4-3-18-53-24-27-56-21-15-46-37-12-11-36-39-32(37)6-2-8-34(39)41(50)48(43(36)52)17-23-58-29-26-55-20-14-45/h1-2,5-12,46H,3-4,13-29,44-45H2. The Bertz CT molecular complexity index is 1870. The lowest BCUT2D eigenvalue weighted by Gasteiger charge is -2.27. The molecule has 15 heteroatoms. The van der Waals surface area contributed by atoms with Crippen LogP contribution in [0, 0.1) is 0 Å². The van der Waals surface area contributed by atoms with E-state index in [-0.39, 0.29) is 49.9 Å². The van der Waals surface area contributed by atoms with Gasteiger partial charge in [-0.2, -0.15) is 0 Å². The number of imide groups is 2. The van der Waals surface area contributed by atoms with Gasteiger partial charge >= 0.3 is 0 Å². The average Bonchev–Trinajstić information content (AvgIpc) is 3.24. The number of nitrogens with zero attached hydrogens (tertiary/aromatic N) is 2. The lowest BCUT2D eigenvalue weighted by molar-refractivity contribution is 0.0348. The number of nitrogens with two attached hydrogens (primary N) is 2. The first-order valence-electron chi connectivity index (χ1n) is 19.9. The van der Waals surface area contributed by atoms with Crippen LogP contribution in [0.4, 0.5) is 5.69 Å². The first-order chi connectivity index (χ1) is 28.5. The topological polar surface area (TPSA) is 194 Å². The van der Waals surface area contributed by atoms with Crippen molar-refractivity contribution in [1.29, 1.82) is 0 Å². The van der Waals surface area contributed by atoms with Gasteiger partial charge in [-0.25, -0.2) is 0 Å². The molecule has 0 radical (unpaired) electrons. The van der Waals surface area contributed by atoms with Crippen molar-refractivity contribution in [2.75, 3.05) is 117 Å². The average molecular weight is 800 g/mol. The third-order valence-corrected chi connectivity index (χ3v) is 9.93. The molecule has 0 aromatic heterocycles. The van der Waals surface area contributed by atoms with Gasteiger partial charge in [0.2, 0.25) is 0 Å². The maximum atomic E-state index is 13.4. The quantitative estimate of drug-likeness (QED) is 0.0589. The van der Waals surface area contributed by atoms with Gasteiger partial charge in [0.25, 0.3) is 23.6 Å². The molecule has 4 aromatic rings. The number of hydrogen-bond donors (Lipinski definition) is 3. The number of carbonyl (C=O) groups is 4. The van der Waals surface area contributed by atoms with Crippen molar-refractivity contribution in [3.8, 4) is 0 Å². The van der Waals surface area contributed by atoms with E-state index in [2.05, 4.69) is 5.32 Å². The predicted molar refractivity (Wildman–Crippen MR) is 218 cm³/mol. The second-order valence-electron chi connectivity index (χ2n) is 13.7. The second-order valence-corrected chi connectivity index (χ2v) is 13.7. The van der Waals surface area contributed by atoms with Crippen molar-refractivity contribution in [3.63, 3.8) is 0 Å². The fraction of sp³-hybridized carbons (Fsp3) is 0.442. The van der Waals surface area contributed by atoms with Crippen LogP contribution in [-0.4, -0.2) is 145 Å². The highest BCUT2D eigenvalue weighted by atomic mass is 16.5. The van der Waals surface area contributed by atoms with Crippen LogP contribution in [0.15, 0.2) is 60.7 Å². The number of nitrogens with one attached hydrogen (secondary N) is 1. The molecule has 58 heavy (non-hydrogen) atoms. The van der Waals surface area contributed by atoms with E-state index in [1.54, 1.807) is 18.2 Å². The van der Waals surface area contributed by atoms with Crippen LogP contribution in [-0.2, 0) is 34.8 Å². The zero-order valence-electron chi connectivity index (χ0n) is 32.8. The monoisotopic (exact) mass is 799 g/mol. The highest BCUT2D eigenvalue weighted by Gasteiger charge is 2.34. The lowest BCUT2D eigenvalue weighted by Crippen LogP contribution is -2.42. The fourth-order valence-electron chi connectivity index (χ4n) is 7.20. The molecule has 0 aliphatic carbocycles. The number of aryl methyl sites for hydroxylation is 1. The number of carbonyl (C=O) groups excluding carboxylic acids is 4. The number of hydrogen-bond acceptors (Lipinski definition) is 13. The molecule has 0 spiro atoms. The predicted octanol–water partition coefficient (Wildman–Crippen LogP) is 3.25. The summed E-state index contributed by atoms with van der Waals surface area (Å²) in [6.07, 6.45) is 1.48. The molecule has 0 saturated carbocycles. The number of ether oxygens (including phenoxy) is 6. The van der Waals surface area contributed by atoms with E-state index < -0.39 is 0 Å². The Morgan fingerprint density at radius 3 is 1.47 bits per heavy atom. The Kier molecular flexibility index (Phi) is 16.1. The maximum absolute atomic E-state index is 13.4. The van der Waals surface area contributed by atoms with Gasteiger partial charge in [0.15, 0.2) is 0 Å². The molecule has 0 saturated heterocycles. The van der Waals surface area contributed by atoms with Crippen LogP contribution in [0.2, 0.25) is 0 Å². The summed E-state index contributed by atoms with van der Waals surface area (Å²) in [7, 11) is 0. The lowest BCUT2D eigenvalue weighted by atomic mass is 9.90. The molecule has 6 rings (SSSR count). The van der Waals surface area contributed by atoms with Gasteiger partial charge in [-0.3, -0.25) is 29.0 Å². The summed E-state index contributed by atoms with van der Waals surface area (Å²) in [5, 5.41) is 6.42. The van der Waals surface area contributed by atoms with Crippen LogP contribution >= 0.6 is 0 Å². The minimum atomic E-state index is -0.341. The summed E-state index contributed by atoms with van der Waals surface area (Å²) in [6.45, 7) is 6.38. The van der Waals surface area contributed by atoms with E-state index in [0.717, 1.165) is 34.9 Å². The van der Waals surface area contributed by atoms with E-state index >= 15 is 0 Å². The van der Waals surface area contributed by atoms with E-state index in [0.29, 0.717) is 119 Å². The Morgan fingerprint density at radius 2 is 0.914 bits per heavy atom. The molecule has 4 aromatic carbocycles. The zero-order chi connectivity index (χ0) is 40.7. The van der Waals surface area contributed by atoms with Crippen molar-refractivity contribution in [2.24, 2.45) is 11.5 Å². The Hall–Kier alpha value is -4.84. The molecule has 0 unspecified atom stereocenters. The normalized spacial score (nSPS) is 13.8. The molecule has 2 aliphatic heterocycles. The highest BCUT2D eigenvalue weighted by Crippen LogP contribution is 2.35. The van der Waals surface area contributed by atoms with Gasteiger partial charge in [0.05, 0.1) is 85.8 Å². The minimum absolute atomic E-state index is 0.148. The Labute approximate surface area is 337 Å². The van der Waals surface area contributed by atoms with Crippen LogP contribution in [0.3, 0.4) is 0 Å². The number of amides is 4. The van der Waals surface area contributed by atoms with Crippen molar-refractivity contribution >= 4 is 50.9 Å². The molecule has 310 valence electrons. The van der Waals surface area contributed by atoms with Gasteiger partial charge in [0.1, 0.15) is 0 Å². The first kappa shape index (κ1) is 42.8. The Morgan fingerprint density at radius 1 is 0.466 bits per heavy atom. The highest BCUT2D eigenvalue weighted by molar-refractivity contribution is 6.27. The van der Waals surface area contributed by atoms with E-state index in [1.807, 2.05) is 42.5 Å². The third-order valence-electron chi connectivity index (χ3n) is 9.93. The van der Waals surface area contributed by atoms with Gasteiger partial charge in [-0.15, -0.1) is 0 Å². The van der Waals surface area contributed by atoms with E-state index in [4.69, 9.17) is 39.9 Å².